The maximum absolute atomic E-state index is 3.77. The minimum absolute atomic E-state index is 0.402. The monoisotopic (exact) mass is 295 g/mol. The predicted molar refractivity (Wildman–Crippen MR) is 95.6 cm³/mol. The summed E-state index contributed by atoms with van der Waals surface area (Å²) >= 11 is 0. The van der Waals surface area contributed by atoms with Gasteiger partial charge >= 0.3 is 0 Å². The number of nitrogens with one attached hydrogen (secondary N) is 1. The predicted octanol–water partition coefficient (Wildman–Crippen LogP) is 5.89. The first-order chi connectivity index (χ1) is 9.81. The molecule has 4 unspecified atom stereocenters. The topological polar surface area (TPSA) is 12.0 Å². The zero-order valence-electron chi connectivity index (χ0n) is 15.7. The van der Waals surface area contributed by atoms with E-state index in [1.165, 1.54) is 51.5 Å². The molecule has 126 valence electrons. The van der Waals surface area contributed by atoms with Crippen LogP contribution in [0, 0.1) is 29.1 Å². The largest absolute Gasteiger partial charge is 0.316 e. The second-order valence-corrected chi connectivity index (χ2v) is 9.07. The van der Waals surface area contributed by atoms with Crippen molar-refractivity contribution in [3.63, 3.8) is 0 Å². The second-order valence-electron chi connectivity index (χ2n) is 9.07. The van der Waals surface area contributed by atoms with Gasteiger partial charge in [-0.05, 0) is 48.6 Å². The lowest BCUT2D eigenvalue weighted by Crippen LogP contribution is -2.34. The van der Waals surface area contributed by atoms with E-state index in [-0.39, 0.29) is 0 Å². The van der Waals surface area contributed by atoms with Gasteiger partial charge in [-0.2, -0.15) is 0 Å². The van der Waals surface area contributed by atoms with E-state index in [0.29, 0.717) is 5.41 Å². The van der Waals surface area contributed by atoms with Crippen LogP contribution in [0.1, 0.15) is 86.5 Å². The minimum Gasteiger partial charge on any atom is -0.316 e. The van der Waals surface area contributed by atoms with Gasteiger partial charge in [0.1, 0.15) is 0 Å². The average Bonchev–Trinajstić information content (AvgIpc) is 2.38. The van der Waals surface area contributed by atoms with Crippen LogP contribution in [0.3, 0.4) is 0 Å². The lowest BCUT2D eigenvalue weighted by molar-refractivity contribution is 0.208. The first-order valence-electron chi connectivity index (χ1n) is 9.52. The molecule has 0 amide bonds. The van der Waals surface area contributed by atoms with Gasteiger partial charge in [-0.3, -0.25) is 0 Å². The summed E-state index contributed by atoms with van der Waals surface area (Å²) in [5.74, 6) is 3.67. The zero-order chi connectivity index (χ0) is 15.9. The van der Waals surface area contributed by atoms with Crippen molar-refractivity contribution >= 4 is 0 Å². The van der Waals surface area contributed by atoms with E-state index in [0.717, 1.165) is 30.2 Å². The Morgan fingerprint density at radius 2 is 1.57 bits per heavy atom. The van der Waals surface area contributed by atoms with Crippen LogP contribution >= 0.6 is 0 Å². The van der Waals surface area contributed by atoms with Crippen LogP contribution in [0.4, 0.5) is 0 Å². The first-order valence-corrected chi connectivity index (χ1v) is 9.52. The maximum Gasteiger partial charge on any atom is -0.000000744 e. The highest BCUT2D eigenvalue weighted by molar-refractivity contribution is 4.77. The van der Waals surface area contributed by atoms with E-state index in [1.54, 1.807) is 0 Å². The van der Waals surface area contributed by atoms with E-state index in [2.05, 4.69) is 46.9 Å². The van der Waals surface area contributed by atoms with Crippen LogP contribution in [0.25, 0.3) is 0 Å². The van der Waals surface area contributed by atoms with Crippen LogP contribution < -0.4 is 5.32 Å². The Hall–Kier alpha value is -0.0400. The van der Waals surface area contributed by atoms with E-state index in [4.69, 9.17) is 0 Å². The van der Waals surface area contributed by atoms with Crippen LogP contribution in [0.2, 0.25) is 0 Å². The van der Waals surface area contributed by atoms with Gasteiger partial charge in [-0.25, -0.2) is 0 Å². The van der Waals surface area contributed by atoms with Gasteiger partial charge in [-0.15, -0.1) is 0 Å². The summed E-state index contributed by atoms with van der Waals surface area (Å²) in [5.41, 5.74) is 0.402. The van der Waals surface area contributed by atoms with Crippen molar-refractivity contribution < 1.29 is 0 Å². The summed E-state index contributed by atoms with van der Waals surface area (Å²) < 4.78 is 0. The van der Waals surface area contributed by atoms with Crippen molar-refractivity contribution in [1.29, 1.82) is 0 Å². The van der Waals surface area contributed by atoms with Gasteiger partial charge in [0.15, 0.2) is 0 Å². The fraction of sp³-hybridized carbons (Fsp3) is 1.00. The summed E-state index contributed by atoms with van der Waals surface area (Å²) in [5, 5.41) is 3.77. The van der Waals surface area contributed by atoms with Gasteiger partial charge in [0.25, 0.3) is 0 Å². The van der Waals surface area contributed by atoms with Crippen molar-refractivity contribution in [2.45, 2.75) is 86.5 Å². The molecule has 0 bridgehead atoms. The smallest absolute Gasteiger partial charge is 0.000000744 e. The maximum atomic E-state index is 3.77. The van der Waals surface area contributed by atoms with Crippen LogP contribution in [-0.4, -0.2) is 13.1 Å². The average molecular weight is 296 g/mol. The molecule has 4 atom stereocenters. The first kappa shape index (κ1) is 19.0. The molecular weight excluding hydrogens is 254 g/mol. The minimum atomic E-state index is 0.402. The normalized spacial score (nSPS) is 32.9. The van der Waals surface area contributed by atoms with Gasteiger partial charge < -0.3 is 5.32 Å². The lowest BCUT2D eigenvalue weighted by atomic mass is 9.77. The molecule has 0 saturated heterocycles. The van der Waals surface area contributed by atoms with Gasteiger partial charge in [-0.1, -0.05) is 80.1 Å². The molecule has 1 fully saturated rings. The molecule has 1 aliphatic carbocycles. The molecule has 0 aliphatic heterocycles. The Morgan fingerprint density at radius 1 is 0.905 bits per heavy atom. The Labute approximate surface area is 134 Å². The van der Waals surface area contributed by atoms with E-state index in [1.807, 2.05) is 0 Å². The number of hydrogen-bond donors (Lipinski definition) is 1. The van der Waals surface area contributed by atoms with E-state index >= 15 is 0 Å². The van der Waals surface area contributed by atoms with Crippen molar-refractivity contribution in [2.75, 3.05) is 13.1 Å². The molecule has 0 aromatic carbocycles. The van der Waals surface area contributed by atoms with Gasteiger partial charge in [0.05, 0.1) is 0 Å². The van der Waals surface area contributed by atoms with E-state index in [9.17, 15) is 0 Å². The Morgan fingerprint density at radius 3 is 2.19 bits per heavy atom. The van der Waals surface area contributed by atoms with Crippen molar-refractivity contribution in [1.82, 2.24) is 5.32 Å². The van der Waals surface area contributed by atoms with Crippen LogP contribution in [-0.2, 0) is 0 Å². The summed E-state index contributed by atoms with van der Waals surface area (Å²) in [7, 11) is 0. The standard InChI is InChI=1S/C20H41N/c1-7-18-10-8-9-16(2)11-12-17(3)13-19(18)14-21-15-20(4,5)6/h16-19,21H,7-15H2,1-6H3. The van der Waals surface area contributed by atoms with Gasteiger partial charge in [0.2, 0.25) is 0 Å². The molecule has 0 spiro atoms. The molecule has 1 rings (SSSR count). The number of hydrogen-bond acceptors (Lipinski definition) is 1. The highest BCUT2D eigenvalue weighted by Gasteiger charge is 2.24. The molecule has 0 aromatic heterocycles. The molecule has 1 heteroatoms. The highest BCUT2D eigenvalue weighted by Crippen LogP contribution is 2.32. The summed E-state index contributed by atoms with van der Waals surface area (Å²) in [6.07, 6.45) is 10.0. The van der Waals surface area contributed by atoms with Crippen molar-refractivity contribution in [3.8, 4) is 0 Å². The molecule has 1 saturated carbocycles. The molecule has 1 N–H and O–H groups in total. The molecule has 0 aromatic rings. The molecule has 1 nitrogen and oxygen atoms in total. The fourth-order valence-electron chi connectivity index (χ4n) is 3.92. The van der Waals surface area contributed by atoms with Gasteiger partial charge in [0, 0.05) is 0 Å². The van der Waals surface area contributed by atoms with E-state index < -0.39 is 0 Å². The van der Waals surface area contributed by atoms with Crippen LogP contribution in [0.5, 0.6) is 0 Å². The Bertz CT molecular complexity index is 266. The third kappa shape index (κ3) is 8.24. The second kappa shape index (κ2) is 9.18. The molecular formula is C20H41N. The fourth-order valence-corrected chi connectivity index (χ4v) is 3.92. The lowest BCUT2D eigenvalue weighted by Gasteiger charge is -2.32. The SMILES string of the molecule is CCC1CCCC(C)CCC(C)CC1CNCC(C)(C)C. The summed E-state index contributed by atoms with van der Waals surface area (Å²) in [6.45, 7) is 16.7. The highest BCUT2D eigenvalue weighted by atomic mass is 14.9. The summed E-state index contributed by atoms with van der Waals surface area (Å²) in [4.78, 5) is 0. The Balaban J connectivity index is 2.57. The quantitative estimate of drug-likeness (QED) is 0.681. The molecule has 0 heterocycles. The summed E-state index contributed by atoms with van der Waals surface area (Å²) in [6, 6.07) is 0. The molecule has 21 heavy (non-hydrogen) atoms. The third-order valence-electron chi connectivity index (χ3n) is 5.38. The zero-order valence-corrected chi connectivity index (χ0v) is 15.7. The molecule has 1 aliphatic rings. The number of rotatable bonds is 4. The van der Waals surface area contributed by atoms with Crippen LogP contribution in [0.15, 0.2) is 0 Å². The van der Waals surface area contributed by atoms with Crippen molar-refractivity contribution in [3.05, 3.63) is 0 Å². The third-order valence-corrected chi connectivity index (χ3v) is 5.38. The van der Waals surface area contributed by atoms with Crippen molar-refractivity contribution in [2.24, 2.45) is 29.1 Å². The Kier molecular flexibility index (Phi) is 8.31. The molecule has 0 radical (unpaired) electrons.